The van der Waals surface area contributed by atoms with Crippen molar-refractivity contribution < 1.29 is 0 Å². The van der Waals surface area contributed by atoms with Gasteiger partial charge in [0.2, 0.25) is 0 Å². The number of hydrogen-bond acceptors (Lipinski definition) is 0. The molecule has 0 aliphatic heterocycles. The van der Waals surface area contributed by atoms with Crippen molar-refractivity contribution in [1.29, 1.82) is 0 Å². The smallest absolute Gasteiger partial charge is 0.0357 e. The van der Waals surface area contributed by atoms with Crippen LogP contribution >= 0.6 is 0 Å². The molecule has 6 atom stereocenters. The predicted octanol–water partition coefficient (Wildman–Crippen LogP) is 7.72. The van der Waals surface area contributed by atoms with E-state index in [0.717, 1.165) is 35.5 Å². The maximum Gasteiger partial charge on any atom is -0.0357 e. The monoisotopic (exact) mass is 308 g/mol. The van der Waals surface area contributed by atoms with Gasteiger partial charge in [0, 0.05) is 0 Å². The van der Waals surface area contributed by atoms with E-state index in [1.54, 1.807) is 0 Å². The SMILES string of the molecule is CCC(C)CC(C)CCC(C)CCCCC(C)C1CC1CC. The first-order chi connectivity index (χ1) is 10.5. The summed E-state index contributed by atoms with van der Waals surface area (Å²) in [6.45, 7) is 14.5. The van der Waals surface area contributed by atoms with Crippen LogP contribution in [0.4, 0.5) is 0 Å². The fourth-order valence-corrected chi connectivity index (χ4v) is 4.30. The van der Waals surface area contributed by atoms with Gasteiger partial charge in [0.1, 0.15) is 0 Å². The summed E-state index contributed by atoms with van der Waals surface area (Å²) in [5.41, 5.74) is 0. The van der Waals surface area contributed by atoms with Crippen molar-refractivity contribution in [1.82, 2.24) is 0 Å². The summed E-state index contributed by atoms with van der Waals surface area (Å²) < 4.78 is 0. The van der Waals surface area contributed by atoms with Crippen LogP contribution < -0.4 is 0 Å². The maximum atomic E-state index is 2.50. The Morgan fingerprint density at radius 1 is 0.773 bits per heavy atom. The second-order valence-corrected chi connectivity index (χ2v) is 8.87. The zero-order chi connectivity index (χ0) is 16.5. The van der Waals surface area contributed by atoms with Crippen molar-refractivity contribution >= 4 is 0 Å². The Kier molecular flexibility index (Phi) is 9.76. The standard InChI is InChI=1S/C22H44/c1-7-17(3)15-19(5)14-13-18(4)11-9-10-12-20(6)22-16-21(22)8-2/h17-22H,7-16H2,1-6H3. The number of hydrogen-bond donors (Lipinski definition) is 0. The Bertz CT molecular complexity index is 269. The third-order valence-corrected chi connectivity index (χ3v) is 6.49. The van der Waals surface area contributed by atoms with Gasteiger partial charge >= 0.3 is 0 Å². The van der Waals surface area contributed by atoms with Crippen molar-refractivity contribution in [3.05, 3.63) is 0 Å². The van der Waals surface area contributed by atoms with E-state index in [0.29, 0.717) is 0 Å². The number of unbranched alkanes of at least 4 members (excludes halogenated alkanes) is 1. The van der Waals surface area contributed by atoms with Gasteiger partial charge in [-0.3, -0.25) is 0 Å². The van der Waals surface area contributed by atoms with Gasteiger partial charge in [0.25, 0.3) is 0 Å². The van der Waals surface area contributed by atoms with Crippen LogP contribution in [0.2, 0.25) is 0 Å². The second-order valence-electron chi connectivity index (χ2n) is 8.87. The molecule has 0 saturated heterocycles. The highest BCUT2D eigenvalue weighted by molar-refractivity contribution is 4.88. The lowest BCUT2D eigenvalue weighted by molar-refractivity contribution is 0.340. The van der Waals surface area contributed by atoms with Gasteiger partial charge < -0.3 is 0 Å². The molecule has 0 heteroatoms. The number of rotatable bonds is 13. The van der Waals surface area contributed by atoms with Crippen LogP contribution in [0.15, 0.2) is 0 Å². The highest BCUT2D eigenvalue weighted by Crippen LogP contribution is 2.47. The molecule has 1 saturated carbocycles. The van der Waals surface area contributed by atoms with Crippen LogP contribution in [0.25, 0.3) is 0 Å². The predicted molar refractivity (Wildman–Crippen MR) is 101 cm³/mol. The van der Waals surface area contributed by atoms with Crippen LogP contribution in [0, 0.1) is 35.5 Å². The molecular weight excluding hydrogens is 264 g/mol. The van der Waals surface area contributed by atoms with Gasteiger partial charge in [-0.2, -0.15) is 0 Å². The normalized spacial score (nSPS) is 26.5. The van der Waals surface area contributed by atoms with Crippen molar-refractivity contribution in [2.45, 2.75) is 106 Å². The molecule has 0 heterocycles. The first kappa shape index (κ1) is 20.0. The summed E-state index contributed by atoms with van der Waals surface area (Å²) in [5.74, 6) is 5.96. The summed E-state index contributed by atoms with van der Waals surface area (Å²) in [6, 6.07) is 0. The minimum Gasteiger partial charge on any atom is -0.0651 e. The second kappa shape index (κ2) is 10.7. The van der Waals surface area contributed by atoms with Crippen LogP contribution in [-0.4, -0.2) is 0 Å². The molecule has 0 aromatic carbocycles. The van der Waals surface area contributed by atoms with Crippen molar-refractivity contribution in [3.63, 3.8) is 0 Å². The third-order valence-electron chi connectivity index (χ3n) is 6.49. The summed E-state index contributed by atoms with van der Waals surface area (Å²) in [5, 5.41) is 0. The third kappa shape index (κ3) is 8.02. The molecule has 6 unspecified atom stereocenters. The summed E-state index contributed by atoms with van der Waals surface area (Å²) >= 11 is 0. The van der Waals surface area contributed by atoms with Crippen molar-refractivity contribution in [2.75, 3.05) is 0 Å². The lowest BCUT2D eigenvalue weighted by Gasteiger charge is -2.18. The Labute approximate surface area is 141 Å². The summed E-state index contributed by atoms with van der Waals surface area (Å²) in [6.07, 6.45) is 14.5. The highest BCUT2D eigenvalue weighted by Gasteiger charge is 2.38. The van der Waals surface area contributed by atoms with Crippen molar-refractivity contribution in [2.24, 2.45) is 35.5 Å². The Balaban J connectivity index is 1.98. The molecule has 1 fully saturated rings. The minimum atomic E-state index is 0.918. The Morgan fingerprint density at radius 2 is 1.41 bits per heavy atom. The maximum absolute atomic E-state index is 2.50. The van der Waals surface area contributed by atoms with Gasteiger partial charge in [0.05, 0.1) is 0 Å². The molecule has 0 spiro atoms. The van der Waals surface area contributed by atoms with E-state index >= 15 is 0 Å². The molecule has 0 N–H and O–H groups in total. The van der Waals surface area contributed by atoms with Crippen molar-refractivity contribution in [3.8, 4) is 0 Å². The van der Waals surface area contributed by atoms with Crippen LogP contribution in [0.5, 0.6) is 0 Å². The van der Waals surface area contributed by atoms with Gasteiger partial charge in [-0.1, -0.05) is 92.9 Å². The first-order valence-corrected chi connectivity index (χ1v) is 10.5. The molecule has 0 bridgehead atoms. The van der Waals surface area contributed by atoms with E-state index in [2.05, 4.69) is 41.5 Å². The van der Waals surface area contributed by atoms with Crippen LogP contribution in [-0.2, 0) is 0 Å². The van der Waals surface area contributed by atoms with Crippen LogP contribution in [0.1, 0.15) is 106 Å². The molecule has 132 valence electrons. The molecule has 1 aliphatic carbocycles. The Hall–Kier alpha value is 0. The fourth-order valence-electron chi connectivity index (χ4n) is 4.30. The van der Waals surface area contributed by atoms with E-state index in [1.807, 2.05) is 0 Å². The van der Waals surface area contributed by atoms with E-state index in [4.69, 9.17) is 0 Å². The van der Waals surface area contributed by atoms with E-state index in [-0.39, 0.29) is 0 Å². The van der Waals surface area contributed by atoms with Crippen LogP contribution in [0.3, 0.4) is 0 Å². The zero-order valence-electron chi connectivity index (χ0n) is 16.5. The first-order valence-electron chi connectivity index (χ1n) is 10.5. The van der Waals surface area contributed by atoms with Gasteiger partial charge in [0.15, 0.2) is 0 Å². The molecule has 0 nitrogen and oxygen atoms in total. The molecule has 0 aromatic rings. The van der Waals surface area contributed by atoms with Gasteiger partial charge in [-0.25, -0.2) is 0 Å². The lowest BCUT2D eigenvalue weighted by atomic mass is 9.88. The molecule has 0 radical (unpaired) electrons. The lowest BCUT2D eigenvalue weighted by Crippen LogP contribution is -2.05. The summed E-state index contributed by atoms with van der Waals surface area (Å²) in [4.78, 5) is 0. The molecule has 22 heavy (non-hydrogen) atoms. The average Bonchev–Trinajstić information content (AvgIpc) is 3.28. The molecule has 1 aliphatic rings. The minimum absolute atomic E-state index is 0.918. The van der Waals surface area contributed by atoms with E-state index in [1.165, 1.54) is 64.2 Å². The largest absolute Gasteiger partial charge is 0.0651 e. The molecular formula is C22H44. The van der Waals surface area contributed by atoms with Gasteiger partial charge in [-0.05, 0) is 48.3 Å². The molecule has 0 aromatic heterocycles. The molecule has 0 amide bonds. The topological polar surface area (TPSA) is 0 Å². The van der Waals surface area contributed by atoms with E-state index in [9.17, 15) is 0 Å². The summed E-state index contributed by atoms with van der Waals surface area (Å²) in [7, 11) is 0. The molecule has 1 rings (SSSR count). The average molecular weight is 309 g/mol. The Morgan fingerprint density at radius 3 is 2.00 bits per heavy atom. The fraction of sp³-hybridized carbons (Fsp3) is 1.00. The zero-order valence-corrected chi connectivity index (χ0v) is 16.5. The quantitative estimate of drug-likeness (QED) is 0.305. The highest BCUT2D eigenvalue weighted by atomic mass is 14.4. The van der Waals surface area contributed by atoms with E-state index < -0.39 is 0 Å². The van der Waals surface area contributed by atoms with Gasteiger partial charge in [-0.15, -0.1) is 0 Å².